The highest BCUT2D eigenvalue weighted by atomic mass is 16.2. The first kappa shape index (κ1) is 12.6. The molecule has 18 heavy (non-hydrogen) atoms. The number of nitrogens with one attached hydrogen (secondary N) is 2. The minimum absolute atomic E-state index is 0.153. The molecule has 0 amide bonds. The maximum atomic E-state index is 11.8. The zero-order valence-electron chi connectivity index (χ0n) is 11.1. The third-order valence-corrected chi connectivity index (χ3v) is 3.47. The molecule has 6 heteroatoms. The van der Waals surface area contributed by atoms with Gasteiger partial charge in [-0.3, -0.25) is 14.3 Å². The fraction of sp³-hybridized carbons (Fsp3) is 0.583. The van der Waals surface area contributed by atoms with Crippen LogP contribution >= 0.6 is 0 Å². The lowest BCUT2D eigenvalue weighted by molar-refractivity contribution is 0.478. The van der Waals surface area contributed by atoms with Crippen LogP contribution in [0.1, 0.15) is 39.9 Å². The first-order valence-electron chi connectivity index (χ1n) is 6.14. The Bertz CT molecular complexity index is 690. The van der Waals surface area contributed by atoms with Crippen LogP contribution in [0.3, 0.4) is 0 Å². The van der Waals surface area contributed by atoms with Gasteiger partial charge in [-0.1, -0.05) is 20.8 Å². The van der Waals surface area contributed by atoms with Gasteiger partial charge in [-0.05, 0) is 13.3 Å². The third kappa shape index (κ3) is 1.77. The van der Waals surface area contributed by atoms with Gasteiger partial charge in [0.15, 0.2) is 5.65 Å². The Morgan fingerprint density at radius 3 is 2.44 bits per heavy atom. The van der Waals surface area contributed by atoms with Gasteiger partial charge in [0.05, 0.1) is 0 Å². The lowest BCUT2D eigenvalue weighted by Gasteiger charge is -2.18. The van der Waals surface area contributed by atoms with E-state index in [9.17, 15) is 9.59 Å². The quantitative estimate of drug-likeness (QED) is 0.856. The third-order valence-electron chi connectivity index (χ3n) is 3.47. The summed E-state index contributed by atoms with van der Waals surface area (Å²) in [5.41, 5.74) is -0.177. The largest absolute Gasteiger partial charge is 0.336 e. The van der Waals surface area contributed by atoms with E-state index in [-0.39, 0.29) is 5.41 Å². The molecule has 0 aliphatic carbocycles. The van der Waals surface area contributed by atoms with Crippen LogP contribution in [-0.2, 0) is 12.0 Å². The highest BCUT2D eigenvalue weighted by Gasteiger charge is 2.24. The second-order valence-corrected chi connectivity index (χ2v) is 5.02. The van der Waals surface area contributed by atoms with E-state index >= 15 is 0 Å². The van der Waals surface area contributed by atoms with Crippen molar-refractivity contribution in [3.8, 4) is 0 Å². The van der Waals surface area contributed by atoms with Crippen LogP contribution in [0.5, 0.6) is 0 Å². The van der Waals surface area contributed by atoms with Crippen molar-refractivity contribution in [3.05, 3.63) is 26.7 Å². The van der Waals surface area contributed by atoms with Gasteiger partial charge in [-0.15, -0.1) is 0 Å². The predicted molar refractivity (Wildman–Crippen MR) is 70.0 cm³/mol. The van der Waals surface area contributed by atoms with Crippen LogP contribution in [0, 0.1) is 0 Å². The first-order chi connectivity index (χ1) is 8.40. The molecule has 2 aromatic rings. The molecule has 6 nitrogen and oxygen atoms in total. The number of aromatic nitrogens is 4. The van der Waals surface area contributed by atoms with Gasteiger partial charge in [0.2, 0.25) is 0 Å². The molecule has 0 radical (unpaired) electrons. The number of hydrogen-bond donors (Lipinski definition) is 2. The van der Waals surface area contributed by atoms with E-state index in [1.54, 1.807) is 0 Å². The molecule has 2 N–H and O–H groups in total. The van der Waals surface area contributed by atoms with E-state index in [1.807, 2.05) is 20.8 Å². The van der Waals surface area contributed by atoms with Crippen LogP contribution in [-0.4, -0.2) is 19.5 Å². The van der Waals surface area contributed by atoms with Crippen molar-refractivity contribution >= 4 is 11.2 Å². The van der Waals surface area contributed by atoms with Crippen LogP contribution in [0.2, 0.25) is 0 Å². The Morgan fingerprint density at radius 2 is 1.89 bits per heavy atom. The summed E-state index contributed by atoms with van der Waals surface area (Å²) in [6.07, 6.45) is 0.890. The van der Waals surface area contributed by atoms with Crippen LogP contribution < -0.4 is 11.2 Å². The summed E-state index contributed by atoms with van der Waals surface area (Å²) in [7, 11) is 0. The lowest BCUT2D eigenvalue weighted by Crippen LogP contribution is -2.29. The Labute approximate surface area is 104 Å². The number of fused-ring (bicyclic) bond motifs is 1. The topological polar surface area (TPSA) is 83.5 Å². The van der Waals surface area contributed by atoms with Crippen molar-refractivity contribution in [2.75, 3.05) is 0 Å². The van der Waals surface area contributed by atoms with Gasteiger partial charge in [-0.25, -0.2) is 9.78 Å². The first-order valence-corrected chi connectivity index (χ1v) is 6.14. The fourth-order valence-corrected chi connectivity index (χ4v) is 1.82. The number of nitrogens with zero attached hydrogens (tertiary/aromatic N) is 2. The molecule has 0 saturated heterocycles. The molecular formula is C12H18N4O2. The number of hydrogen-bond acceptors (Lipinski definition) is 3. The van der Waals surface area contributed by atoms with Crippen LogP contribution in [0.15, 0.2) is 9.59 Å². The number of imidazole rings is 1. The number of rotatable bonds is 3. The van der Waals surface area contributed by atoms with E-state index in [0.29, 0.717) is 17.7 Å². The highest BCUT2D eigenvalue weighted by Crippen LogP contribution is 2.24. The summed E-state index contributed by atoms with van der Waals surface area (Å²) in [4.78, 5) is 33.2. The van der Waals surface area contributed by atoms with Crippen molar-refractivity contribution in [3.63, 3.8) is 0 Å². The average Bonchev–Trinajstić information content (AvgIpc) is 2.75. The van der Waals surface area contributed by atoms with Crippen molar-refractivity contribution in [1.29, 1.82) is 0 Å². The summed E-state index contributed by atoms with van der Waals surface area (Å²) in [6.45, 7) is 8.48. The Morgan fingerprint density at radius 1 is 1.22 bits per heavy atom. The molecule has 98 valence electrons. The van der Waals surface area contributed by atoms with E-state index in [4.69, 9.17) is 0 Å². The number of aryl methyl sites for hydroxylation is 1. The van der Waals surface area contributed by atoms with Gasteiger partial charge >= 0.3 is 5.69 Å². The number of aromatic amines is 2. The highest BCUT2D eigenvalue weighted by molar-refractivity contribution is 5.69. The molecule has 0 aromatic carbocycles. The van der Waals surface area contributed by atoms with Gasteiger partial charge < -0.3 is 4.98 Å². The summed E-state index contributed by atoms with van der Waals surface area (Å²) in [5.74, 6) is 0.735. The zero-order valence-corrected chi connectivity index (χ0v) is 11.1. The molecule has 0 unspecified atom stereocenters. The van der Waals surface area contributed by atoms with E-state index in [2.05, 4.69) is 21.9 Å². The number of H-pyrrole nitrogens is 2. The molecule has 0 aliphatic rings. The molecule has 0 aliphatic heterocycles. The van der Waals surface area contributed by atoms with E-state index in [1.165, 1.54) is 4.57 Å². The van der Waals surface area contributed by atoms with Crippen molar-refractivity contribution < 1.29 is 0 Å². The van der Waals surface area contributed by atoms with Gasteiger partial charge in [0, 0.05) is 12.0 Å². The summed E-state index contributed by atoms with van der Waals surface area (Å²) >= 11 is 0. The molecule has 0 saturated carbocycles. The summed E-state index contributed by atoms with van der Waals surface area (Å²) in [6, 6.07) is 0. The second kappa shape index (κ2) is 4.12. The SMILES string of the molecule is CCn1c(=O)[nH]c(=O)c2[nH]c(C(C)(C)CC)nc21. The predicted octanol–water partition coefficient (Wildman–Crippen LogP) is 1.12. The molecule has 0 spiro atoms. The molecule has 2 rings (SSSR count). The molecule has 2 heterocycles. The Kier molecular flexibility index (Phi) is 2.88. The van der Waals surface area contributed by atoms with Crippen LogP contribution in [0.4, 0.5) is 0 Å². The summed E-state index contributed by atoms with van der Waals surface area (Å²) in [5, 5.41) is 0. The minimum Gasteiger partial charge on any atom is -0.336 e. The Hall–Kier alpha value is -1.85. The molecule has 0 bridgehead atoms. The monoisotopic (exact) mass is 250 g/mol. The maximum Gasteiger partial charge on any atom is 0.330 e. The van der Waals surface area contributed by atoms with Crippen molar-refractivity contribution in [1.82, 2.24) is 19.5 Å². The standard InChI is InChI=1S/C12H18N4O2/c1-5-12(3,4)10-13-7-8(14-10)16(6-2)11(18)15-9(7)17/h5-6H2,1-4H3,(H,13,14)(H,15,17,18). The minimum atomic E-state index is -0.414. The zero-order chi connectivity index (χ0) is 13.5. The second-order valence-electron chi connectivity index (χ2n) is 5.02. The Balaban J connectivity index is 2.83. The molecule has 0 atom stereocenters. The van der Waals surface area contributed by atoms with E-state index < -0.39 is 11.2 Å². The lowest BCUT2D eigenvalue weighted by atomic mass is 9.90. The smallest absolute Gasteiger partial charge is 0.330 e. The molecule has 2 aromatic heterocycles. The van der Waals surface area contributed by atoms with Crippen molar-refractivity contribution in [2.45, 2.75) is 46.1 Å². The molecule has 0 fully saturated rings. The average molecular weight is 250 g/mol. The van der Waals surface area contributed by atoms with Crippen LogP contribution in [0.25, 0.3) is 11.2 Å². The maximum absolute atomic E-state index is 11.8. The summed E-state index contributed by atoms with van der Waals surface area (Å²) < 4.78 is 1.46. The van der Waals surface area contributed by atoms with Gasteiger partial charge in [0.1, 0.15) is 11.3 Å². The fourth-order valence-electron chi connectivity index (χ4n) is 1.82. The van der Waals surface area contributed by atoms with Gasteiger partial charge in [-0.2, -0.15) is 0 Å². The van der Waals surface area contributed by atoms with E-state index in [0.717, 1.165) is 12.2 Å². The molecular weight excluding hydrogens is 232 g/mol. The van der Waals surface area contributed by atoms with Gasteiger partial charge in [0.25, 0.3) is 5.56 Å². The normalized spacial score (nSPS) is 12.2. The van der Waals surface area contributed by atoms with Crippen molar-refractivity contribution in [2.24, 2.45) is 0 Å².